The number of carboxylic acid groups (broad SMARTS) is 1. The second-order valence-electron chi connectivity index (χ2n) is 3.84. The van der Waals surface area contributed by atoms with E-state index in [4.69, 9.17) is 5.11 Å². The predicted molar refractivity (Wildman–Crippen MR) is 60.4 cm³/mol. The van der Waals surface area contributed by atoms with Crippen molar-refractivity contribution in [3.8, 4) is 0 Å². The Hall–Kier alpha value is -0.00312. The van der Waals surface area contributed by atoms with Gasteiger partial charge in [-0.15, -0.1) is 0 Å². The summed E-state index contributed by atoms with van der Waals surface area (Å²) in [6.45, 7) is 9.92. The lowest BCUT2D eigenvalue weighted by molar-refractivity contribution is -0.136. The van der Waals surface area contributed by atoms with Crippen molar-refractivity contribution in [1.82, 2.24) is 3.97 Å². The van der Waals surface area contributed by atoms with E-state index in [1.54, 1.807) is 11.9 Å². The fourth-order valence-electron chi connectivity index (χ4n) is 1.00. The maximum atomic E-state index is 10.3. The van der Waals surface area contributed by atoms with E-state index < -0.39 is 14.2 Å². The summed E-state index contributed by atoms with van der Waals surface area (Å²) in [5.74, 6) is -0.0212. The van der Waals surface area contributed by atoms with Crippen molar-refractivity contribution >= 4 is 26.2 Å². The summed E-state index contributed by atoms with van der Waals surface area (Å²) in [7, 11) is -1.26. The normalized spacial score (nSPS) is 12.1. The molecule has 1 N–H and O–H groups in total. The fraction of sp³-hybridized carbons (Fsp3) is 0.875. The zero-order valence-electron chi connectivity index (χ0n) is 8.83. The molecule has 5 heteroatoms. The van der Waals surface area contributed by atoms with E-state index in [0.29, 0.717) is 5.75 Å². The van der Waals surface area contributed by atoms with Crippen molar-refractivity contribution in [3.63, 3.8) is 0 Å². The fourth-order valence-corrected chi connectivity index (χ4v) is 4.44. The number of carboxylic acids is 1. The maximum Gasteiger partial charge on any atom is 0.304 e. The molecule has 0 aromatic heterocycles. The van der Waals surface area contributed by atoms with Crippen LogP contribution in [0.3, 0.4) is 0 Å². The highest BCUT2D eigenvalue weighted by molar-refractivity contribution is 7.98. The zero-order valence-corrected chi connectivity index (χ0v) is 10.6. The number of carbonyl (C=O) groups is 1. The molecule has 0 amide bonds. The third kappa shape index (κ3) is 6.12. The lowest BCUT2D eigenvalue weighted by atomic mass is 10.5. The number of rotatable bonds is 6. The largest absolute Gasteiger partial charge is 0.481 e. The Balaban J connectivity index is 3.80. The van der Waals surface area contributed by atoms with E-state index >= 15 is 0 Å². The molecule has 0 rings (SSSR count). The second kappa shape index (κ2) is 5.67. The lowest BCUT2D eigenvalue weighted by Gasteiger charge is -2.31. The molecule has 0 unspecified atom stereocenters. The molecule has 13 heavy (non-hydrogen) atoms. The average molecular weight is 221 g/mol. The van der Waals surface area contributed by atoms with Crippen LogP contribution in [0.15, 0.2) is 0 Å². The minimum atomic E-state index is -1.26. The Kier molecular flexibility index (Phi) is 5.67. The molecule has 0 fully saturated rings. The summed E-state index contributed by atoms with van der Waals surface area (Å²) in [6.07, 6.45) is 0.256. The van der Waals surface area contributed by atoms with Crippen LogP contribution in [0.2, 0.25) is 19.6 Å². The molecule has 0 spiro atoms. The van der Waals surface area contributed by atoms with Crippen LogP contribution in [-0.4, -0.2) is 35.6 Å². The van der Waals surface area contributed by atoms with Crippen LogP contribution >= 0.6 is 11.9 Å². The number of nitrogens with zero attached hydrogens (tertiary/aromatic N) is 1. The molecule has 0 aliphatic rings. The molecular weight excluding hydrogens is 202 g/mol. The summed E-state index contributed by atoms with van der Waals surface area (Å²) in [5.41, 5.74) is 0. The maximum absolute atomic E-state index is 10.3. The lowest BCUT2D eigenvalue weighted by Crippen LogP contribution is -2.41. The Morgan fingerprint density at radius 2 is 2.00 bits per heavy atom. The monoisotopic (exact) mass is 221 g/mol. The van der Waals surface area contributed by atoms with E-state index in [2.05, 4.69) is 30.5 Å². The van der Waals surface area contributed by atoms with Gasteiger partial charge in [0.25, 0.3) is 0 Å². The third-order valence-corrected chi connectivity index (χ3v) is 6.40. The van der Waals surface area contributed by atoms with E-state index in [9.17, 15) is 4.79 Å². The van der Waals surface area contributed by atoms with Crippen molar-refractivity contribution in [2.45, 2.75) is 33.0 Å². The van der Waals surface area contributed by atoms with Gasteiger partial charge >= 0.3 is 5.97 Å². The molecule has 0 saturated heterocycles. The standard InChI is InChI=1S/C8H19NO2SSi/c1-5-9(13(2,3)4)12-7-6-8(10)11/h5-7H2,1-4H3,(H,10,11). The van der Waals surface area contributed by atoms with E-state index in [1.807, 2.05) is 0 Å². The summed E-state index contributed by atoms with van der Waals surface area (Å²) in [5, 5.41) is 8.48. The minimum absolute atomic E-state index is 0.256. The van der Waals surface area contributed by atoms with Crippen molar-refractivity contribution < 1.29 is 9.90 Å². The molecule has 0 atom stereocenters. The van der Waals surface area contributed by atoms with Crippen LogP contribution in [-0.2, 0) is 4.79 Å². The minimum Gasteiger partial charge on any atom is -0.481 e. The first-order chi connectivity index (χ1) is 5.88. The Labute approximate surface area is 85.7 Å². The molecule has 0 aromatic carbocycles. The molecular formula is C8H19NO2SSi. The number of hydrogen-bond donors (Lipinski definition) is 1. The molecule has 0 bridgehead atoms. The summed E-state index contributed by atoms with van der Waals surface area (Å²) >= 11 is 1.67. The van der Waals surface area contributed by atoms with Gasteiger partial charge in [-0.3, -0.25) is 8.77 Å². The van der Waals surface area contributed by atoms with Gasteiger partial charge in [-0.1, -0.05) is 38.5 Å². The predicted octanol–water partition coefficient (Wildman–Crippen LogP) is 2.27. The van der Waals surface area contributed by atoms with E-state index in [1.165, 1.54) is 0 Å². The van der Waals surface area contributed by atoms with Crippen LogP contribution in [0, 0.1) is 0 Å². The summed E-state index contributed by atoms with van der Waals surface area (Å²) in [4.78, 5) is 10.3. The Morgan fingerprint density at radius 3 is 2.31 bits per heavy atom. The SMILES string of the molecule is CCN(SCCC(=O)O)[Si](C)(C)C. The molecule has 0 aliphatic carbocycles. The van der Waals surface area contributed by atoms with Gasteiger partial charge in [0.1, 0.15) is 8.24 Å². The van der Waals surface area contributed by atoms with Crippen LogP contribution in [0.1, 0.15) is 13.3 Å². The molecule has 0 aromatic rings. The van der Waals surface area contributed by atoms with Crippen molar-refractivity contribution in [1.29, 1.82) is 0 Å². The first-order valence-electron chi connectivity index (χ1n) is 4.50. The van der Waals surface area contributed by atoms with Crippen molar-refractivity contribution in [2.75, 3.05) is 12.3 Å². The topological polar surface area (TPSA) is 40.5 Å². The van der Waals surface area contributed by atoms with Gasteiger partial charge in [-0.05, 0) is 6.54 Å². The highest BCUT2D eigenvalue weighted by atomic mass is 32.2. The van der Waals surface area contributed by atoms with Crippen molar-refractivity contribution in [3.05, 3.63) is 0 Å². The van der Waals surface area contributed by atoms with Crippen LogP contribution < -0.4 is 0 Å². The molecule has 78 valence electrons. The van der Waals surface area contributed by atoms with Crippen LogP contribution in [0.25, 0.3) is 0 Å². The Bertz CT molecular complexity index is 170. The second-order valence-corrected chi connectivity index (χ2v) is 10.2. The van der Waals surface area contributed by atoms with Gasteiger partial charge in [-0.25, -0.2) is 0 Å². The summed E-state index contributed by atoms with van der Waals surface area (Å²) < 4.78 is 2.34. The Morgan fingerprint density at radius 1 is 1.46 bits per heavy atom. The molecule has 0 heterocycles. The van der Waals surface area contributed by atoms with Gasteiger partial charge in [0.05, 0.1) is 6.42 Å². The quantitative estimate of drug-likeness (QED) is 0.552. The van der Waals surface area contributed by atoms with Gasteiger partial charge in [0.15, 0.2) is 0 Å². The van der Waals surface area contributed by atoms with E-state index in [-0.39, 0.29) is 6.42 Å². The molecule has 0 aliphatic heterocycles. The van der Waals surface area contributed by atoms with Gasteiger partial charge < -0.3 is 5.11 Å². The zero-order chi connectivity index (χ0) is 10.5. The first-order valence-corrected chi connectivity index (χ1v) is 8.89. The first kappa shape index (κ1) is 13.0. The third-order valence-electron chi connectivity index (χ3n) is 1.60. The number of hydrogen-bond acceptors (Lipinski definition) is 3. The smallest absolute Gasteiger partial charge is 0.304 e. The van der Waals surface area contributed by atoms with Crippen LogP contribution in [0.5, 0.6) is 0 Å². The molecule has 0 radical (unpaired) electrons. The molecule has 0 saturated carbocycles. The van der Waals surface area contributed by atoms with Gasteiger partial charge in [0, 0.05) is 5.75 Å². The van der Waals surface area contributed by atoms with Gasteiger partial charge in [-0.2, -0.15) is 0 Å². The summed E-state index contributed by atoms with van der Waals surface area (Å²) in [6, 6.07) is 0. The highest BCUT2D eigenvalue weighted by Crippen LogP contribution is 2.20. The number of aliphatic carboxylic acids is 1. The van der Waals surface area contributed by atoms with Crippen molar-refractivity contribution in [2.24, 2.45) is 0 Å². The van der Waals surface area contributed by atoms with Gasteiger partial charge in [0.2, 0.25) is 0 Å². The highest BCUT2D eigenvalue weighted by Gasteiger charge is 2.22. The van der Waals surface area contributed by atoms with E-state index in [0.717, 1.165) is 6.54 Å². The average Bonchev–Trinajstić information content (AvgIpc) is 1.95. The molecule has 3 nitrogen and oxygen atoms in total. The van der Waals surface area contributed by atoms with Crippen LogP contribution in [0.4, 0.5) is 0 Å².